The van der Waals surface area contributed by atoms with E-state index in [1.54, 1.807) is 6.07 Å². The van der Waals surface area contributed by atoms with Crippen LogP contribution in [0.2, 0.25) is 5.02 Å². The zero-order chi connectivity index (χ0) is 15.2. The minimum absolute atomic E-state index is 0.0134. The summed E-state index contributed by atoms with van der Waals surface area (Å²) in [4.78, 5) is 21.6. The first kappa shape index (κ1) is 15.7. The predicted octanol–water partition coefficient (Wildman–Crippen LogP) is 2.40. The molecular weight excluding hydrogens is 294 g/mol. The smallest absolute Gasteiger partial charge is 0.270 e. The first-order valence-electron chi connectivity index (χ1n) is 6.99. The number of amides is 1. The average molecular weight is 312 g/mol. The van der Waals surface area contributed by atoms with Gasteiger partial charge in [-0.3, -0.25) is 14.9 Å². The van der Waals surface area contributed by atoms with Gasteiger partial charge in [-0.2, -0.15) is 0 Å². The molecule has 1 aromatic rings. The summed E-state index contributed by atoms with van der Waals surface area (Å²) in [6, 6.07) is 4.84. The van der Waals surface area contributed by atoms with Crippen LogP contribution < -0.4 is 10.6 Å². The summed E-state index contributed by atoms with van der Waals surface area (Å²) in [6.45, 7) is 1.23. The molecule has 7 heteroatoms. The molecule has 0 unspecified atom stereocenters. The number of rotatable bonds is 8. The first-order valence-corrected chi connectivity index (χ1v) is 7.37. The van der Waals surface area contributed by atoms with E-state index < -0.39 is 4.92 Å². The molecule has 0 heterocycles. The highest BCUT2D eigenvalue weighted by molar-refractivity contribution is 6.31. The molecule has 1 aliphatic rings. The maximum atomic E-state index is 11.5. The van der Waals surface area contributed by atoms with Crippen molar-refractivity contribution in [2.75, 3.05) is 6.54 Å². The van der Waals surface area contributed by atoms with Crippen LogP contribution >= 0.6 is 11.6 Å². The number of hydrogen-bond acceptors (Lipinski definition) is 4. The van der Waals surface area contributed by atoms with Gasteiger partial charge >= 0.3 is 0 Å². The van der Waals surface area contributed by atoms with Crippen LogP contribution in [0, 0.1) is 10.1 Å². The Hall–Kier alpha value is -1.66. The van der Waals surface area contributed by atoms with Gasteiger partial charge in [-0.15, -0.1) is 0 Å². The van der Waals surface area contributed by atoms with Crippen molar-refractivity contribution < 1.29 is 9.72 Å². The van der Waals surface area contributed by atoms with Crippen LogP contribution in [0.4, 0.5) is 5.69 Å². The van der Waals surface area contributed by atoms with E-state index in [0.717, 1.165) is 24.8 Å². The Morgan fingerprint density at radius 3 is 2.81 bits per heavy atom. The van der Waals surface area contributed by atoms with Crippen LogP contribution in [-0.4, -0.2) is 23.4 Å². The molecule has 0 spiro atoms. The van der Waals surface area contributed by atoms with E-state index in [2.05, 4.69) is 10.6 Å². The number of hydrogen-bond donors (Lipinski definition) is 2. The summed E-state index contributed by atoms with van der Waals surface area (Å²) in [7, 11) is 0. The third-order valence-electron chi connectivity index (χ3n) is 3.26. The number of carbonyl (C=O) groups excluding carboxylic acids is 1. The van der Waals surface area contributed by atoms with Crippen LogP contribution in [0.5, 0.6) is 0 Å². The van der Waals surface area contributed by atoms with E-state index in [1.165, 1.54) is 12.1 Å². The Kier molecular flexibility index (Phi) is 5.52. The molecule has 1 amide bonds. The van der Waals surface area contributed by atoms with Gasteiger partial charge in [0.05, 0.1) is 9.95 Å². The minimum atomic E-state index is -0.471. The fraction of sp³-hybridized carbons (Fsp3) is 0.500. The van der Waals surface area contributed by atoms with Crippen molar-refractivity contribution in [1.82, 2.24) is 10.6 Å². The Morgan fingerprint density at radius 2 is 2.19 bits per heavy atom. The van der Waals surface area contributed by atoms with Crippen molar-refractivity contribution in [3.8, 4) is 0 Å². The van der Waals surface area contributed by atoms with Gasteiger partial charge in [0, 0.05) is 31.1 Å². The zero-order valence-electron chi connectivity index (χ0n) is 11.6. The van der Waals surface area contributed by atoms with Crippen molar-refractivity contribution >= 4 is 23.2 Å². The second-order valence-corrected chi connectivity index (χ2v) is 5.56. The van der Waals surface area contributed by atoms with Crippen molar-refractivity contribution in [3.63, 3.8) is 0 Å². The predicted molar refractivity (Wildman–Crippen MR) is 80.2 cm³/mol. The number of nitrogens with zero attached hydrogens (tertiary/aromatic N) is 1. The van der Waals surface area contributed by atoms with E-state index in [1.807, 2.05) is 0 Å². The van der Waals surface area contributed by atoms with Gasteiger partial charge in [0.1, 0.15) is 0 Å². The second-order valence-electron chi connectivity index (χ2n) is 5.15. The minimum Gasteiger partial charge on any atom is -0.353 e. The topological polar surface area (TPSA) is 84.3 Å². The molecule has 1 aromatic carbocycles. The van der Waals surface area contributed by atoms with Crippen molar-refractivity contribution in [1.29, 1.82) is 0 Å². The molecule has 2 N–H and O–H groups in total. The lowest BCUT2D eigenvalue weighted by Crippen LogP contribution is -2.26. The highest BCUT2D eigenvalue weighted by Gasteiger charge is 2.22. The lowest BCUT2D eigenvalue weighted by atomic mass is 10.2. The molecule has 21 heavy (non-hydrogen) atoms. The molecule has 1 fully saturated rings. The number of benzene rings is 1. The van der Waals surface area contributed by atoms with Crippen LogP contribution in [0.1, 0.15) is 31.2 Å². The Labute approximate surface area is 128 Å². The van der Waals surface area contributed by atoms with Gasteiger partial charge in [-0.1, -0.05) is 11.6 Å². The molecule has 0 bridgehead atoms. The number of nitro benzene ring substituents is 1. The quantitative estimate of drug-likeness (QED) is 0.438. The van der Waals surface area contributed by atoms with Gasteiger partial charge in [0.15, 0.2) is 0 Å². The van der Waals surface area contributed by atoms with Crippen LogP contribution in [0.25, 0.3) is 0 Å². The zero-order valence-corrected chi connectivity index (χ0v) is 12.4. The summed E-state index contributed by atoms with van der Waals surface area (Å²) in [6.07, 6.45) is 3.46. The Bertz CT molecular complexity index is 532. The van der Waals surface area contributed by atoms with Crippen LogP contribution in [0.3, 0.4) is 0 Å². The summed E-state index contributed by atoms with van der Waals surface area (Å²) >= 11 is 5.99. The normalized spacial score (nSPS) is 14.0. The SMILES string of the molecule is O=C(CCCNCc1ccc([N+](=O)[O-])cc1Cl)NC1CC1. The Morgan fingerprint density at radius 1 is 1.43 bits per heavy atom. The van der Waals surface area contributed by atoms with Crippen LogP contribution in [0.15, 0.2) is 18.2 Å². The summed E-state index contributed by atoms with van der Waals surface area (Å²) in [5, 5.41) is 17.1. The third kappa shape index (κ3) is 5.32. The first-order chi connectivity index (χ1) is 10.1. The molecule has 0 aromatic heterocycles. The Balaban J connectivity index is 1.66. The fourth-order valence-electron chi connectivity index (χ4n) is 1.92. The van der Waals surface area contributed by atoms with Crippen molar-refractivity contribution in [3.05, 3.63) is 38.9 Å². The van der Waals surface area contributed by atoms with E-state index in [9.17, 15) is 14.9 Å². The lowest BCUT2D eigenvalue weighted by molar-refractivity contribution is -0.384. The van der Waals surface area contributed by atoms with E-state index in [0.29, 0.717) is 30.6 Å². The van der Waals surface area contributed by atoms with E-state index >= 15 is 0 Å². The van der Waals surface area contributed by atoms with Gasteiger partial charge in [0.2, 0.25) is 5.91 Å². The number of nitro groups is 1. The van der Waals surface area contributed by atoms with Crippen molar-refractivity contribution in [2.45, 2.75) is 38.3 Å². The number of non-ortho nitro benzene ring substituents is 1. The molecule has 0 saturated heterocycles. The highest BCUT2D eigenvalue weighted by Crippen LogP contribution is 2.22. The highest BCUT2D eigenvalue weighted by atomic mass is 35.5. The van der Waals surface area contributed by atoms with E-state index in [4.69, 9.17) is 11.6 Å². The maximum Gasteiger partial charge on any atom is 0.270 e. The summed E-state index contributed by atoms with van der Waals surface area (Å²) in [5.74, 6) is 0.104. The monoisotopic (exact) mass is 311 g/mol. The number of halogens is 1. The van der Waals surface area contributed by atoms with Gasteiger partial charge in [-0.25, -0.2) is 0 Å². The average Bonchev–Trinajstić information content (AvgIpc) is 3.23. The summed E-state index contributed by atoms with van der Waals surface area (Å²) < 4.78 is 0. The fourth-order valence-corrected chi connectivity index (χ4v) is 2.16. The molecule has 0 atom stereocenters. The maximum absolute atomic E-state index is 11.5. The molecule has 0 radical (unpaired) electrons. The molecule has 0 aliphatic heterocycles. The molecule has 1 saturated carbocycles. The van der Waals surface area contributed by atoms with Crippen molar-refractivity contribution in [2.24, 2.45) is 0 Å². The molecule has 2 rings (SSSR count). The van der Waals surface area contributed by atoms with Gasteiger partial charge in [0.25, 0.3) is 5.69 Å². The molecular formula is C14H18ClN3O3. The third-order valence-corrected chi connectivity index (χ3v) is 3.61. The second kappa shape index (κ2) is 7.38. The summed E-state index contributed by atoms with van der Waals surface area (Å²) in [5.41, 5.74) is 0.796. The number of nitrogens with one attached hydrogen (secondary N) is 2. The molecule has 114 valence electrons. The number of carbonyl (C=O) groups is 1. The lowest BCUT2D eigenvalue weighted by Gasteiger charge is -2.07. The largest absolute Gasteiger partial charge is 0.353 e. The standard InChI is InChI=1S/C14H18ClN3O3/c15-13-8-12(18(20)21)6-3-10(13)9-16-7-1-2-14(19)17-11-4-5-11/h3,6,8,11,16H,1-2,4-5,7,9H2,(H,17,19). The van der Waals surface area contributed by atoms with E-state index in [-0.39, 0.29) is 11.6 Å². The van der Waals surface area contributed by atoms with Crippen LogP contribution in [-0.2, 0) is 11.3 Å². The van der Waals surface area contributed by atoms with Gasteiger partial charge < -0.3 is 10.6 Å². The molecule has 1 aliphatic carbocycles. The van der Waals surface area contributed by atoms with Gasteiger partial charge in [-0.05, 0) is 37.4 Å². The molecule has 6 nitrogen and oxygen atoms in total.